The van der Waals surface area contributed by atoms with Crippen molar-refractivity contribution < 1.29 is 9.84 Å². The molecule has 1 N–H and O–H groups in total. The maximum absolute atomic E-state index is 9.13. The Bertz CT molecular complexity index is 312. The minimum absolute atomic E-state index is 0.0452. The zero-order valence-corrected chi connectivity index (χ0v) is 9.92. The van der Waals surface area contributed by atoms with E-state index >= 15 is 0 Å². The Hall–Kier alpha value is -0.730. The zero-order valence-electron chi connectivity index (χ0n) is 9.16. The van der Waals surface area contributed by atoms with E-state index in [4.69, 9.17) is 21.4 Å². The summed E-state index contributed by atoms with van der Waals surface area (Å²) >= 11 is 6.00. The van der Waals surface area contributed by atoms with Crippen LogP contribution >= 0.6 is 11.6 Å². The van der Waals surface area contributed by atoms with E-state index in [2.05, 4.69) is 13.8 Å². The Kier molecular flexibility index (Phi) is 4.92. The van der Waals surface area contributed by atoms with E-state index in [0.29, 0.717) is 23.3 Å². The zero-order chi connectivity index (χ0) is 11.3. The summed E-state index contributed by atoms with van der Waals surface area (Å²) in [5, 5.41) is 9.69. The van der Waals surface area contributed by atoms with Crippen molar-refractivity contribution in [3.05, 3.63) is 28.8 Å². The third-order valence-corrected chi connectivity index (χ3v) is 2.73. The predicted octanol–water partition coefficient (Wildman–Crippen LogP) is 3.26. The molecular formula is C12H17ClO2. The average molecular weight is 229 g/mol. The predicted molar refractivity (Wildman–Crippen MR) is 62.3 cm³/mol. The molecular weight excluding hydrogens is 212 g/mol. The Morgan fingerprint density at radius 2 is 2.20 bits per heavy atom. The maximum atomic E-state index is 9.13. The monoisotopic (exact) mass is 228 g/mol. The van der Waals surface area contributed by atoms with Crippen LogP contribution in [0.5, 0.6) is 5.75 Å². The van der Waals surface area contributed by atoms with E-state index in [-0.39, 0.29) is 6.61 Å². The number of rotatable bonds is 5. The Labute approximate surface area is 95.8 Å². The summed E-state index contributed by atoms with van der Waals surface area (Å²) in [5.41, 5.74) is 0.741. The highest BCUT2D eigenvalue weighted by Crippen LogP contribution is 2.29. The lowest BCUT2D eigenvalue weighted by atomic mass is 10.1. The molecule has 2 nitrogen and oxygen atoms in total. The molecule has 0 bridgehead atoms. The first-order valence-corrected chi connectivity index (χ1v) is 5.57. The van der Waals surface area contributed by atoms with Gasteiger partial charge in [0.05, 0.1) is 18.2 Å². The molecule has 1 aromatic rings. The van der Waals surface area contributed by atoms with Crippen LogP contribution in [-0.4, -0.2) is 11.7 Å². The van der Waals surface area contributed by atoms with Gasteiger partial charge in [-0.2, -0.15) is 0 Å². The largest absolute Gasteiger partial charge is 0.491 e. The number of aliphatic hydroxyl groups excluding tert-OH is 1. The quantitative estimate of drug-likeness (QED) is 0.838. The normalized spacial score (nSPS) is 12.5. The smallest absolute Gasteiger partial charge is 0.143 e. The summed E-state index contributed by atoms with van der Waals surface area (Å²) in [6.07, 6.45) is 1.07. The number of halogens is 1. The average Bonchev–Trinajstić information content (AvgIpc) is 2.26. The maximum Gasteiger partial charge on any atom is 0.143 e. The molecule has 0 aliphatic carbocycles. The molecule has 0 aliphatic rings. The van der Waals surface area contributed by atoms with Crippen molar-refractivity contribution in [1.82, 2.24) is 0 Å². The van der Waals surface area contributed by atoms with Crippen molar-refractivity contribution in [3.63, 3.8) is 0 Å². The number of aliphatic hydroxyl groups is 1. The van der Waals surface area contributed by atoms with Gasteiger partial charge in [-0.15, -0.1) is 0 Å². The van der Waals surface area contributed by atoms with Crippen LogP contribution in [0.25, 0.3) is 0 Å². The molecule has 0 amide bonds. The van der Waals surface area contributed by atoms with Crippen LogP contribution < -0.4 is 4.74 Å². The number of ether oxygens (including phenoxy) is 1. The second-order valence-electron chi connectivity index (χ2n) is 3.71. The van der Waals surface area contributed by atoms with Crippen molar-refractivity contribution in [2.75, 3.05) is 6.61 Å². The third kappa shape index (κ3) is 3.40. The lowest BCUT2D eigenvalue weighted by Gasteiger charge is -2.14. The number of hydrogen-bond donors (Lipinski definition) is 1. The van der Waals surface area contributed by atoms with Crippen LogP contribution in [-0.2, 0) is 6.61 Å². The lowest BCUT2D eigenvalue weighted by Crippen LogP contribution is -2.08. The molecule has 0 aliphatic heterocycles. The van der Waals surface area contributed by atoms with Gasteiger partial charge in [-0.3, -0.25) is 0 Å². The van der Waals surface area contributed by atoms with Crippen LogP contribution in [0.3, 0.4) is 0 Å². The molecule has 0 heterocycles. The number of benzene rings is 1. The molecule has 0 aromatic heterocycles. The first kappa shape index (κ1) is 12.3. The van der Waals surface area contributed by atoms with Gasteiger partial charge in [0, 0.05) is 5.56 Å². The first-order valence-electron chi connectivity index (χ1n) is 5.20. The van der Waals surface area contributed by atoms with E-state index in [9.17, 15) is 0 Å². The molecule has 1 unspecified atom stereocenters. The molecule has 1 rings (SSSR count). The van der Waals surface area contributed by atoms with Gasteiger partial charge in [0.1, 0.15) is 5.75 Å². The van der Waals surface area contributed by atoms with E-state index < -0.39 is 0 Å². The Balaban J connectivity index is 2.74. The van der Waals surface area contributed by atoms with Gasteiger partial charge in [-0.1, -0.05) is 44.0 Å². The standard InChI is InChI=1S/C12H17ClO2/c1-3-9(2)8-15-12-10(7-14)5-4-6-11(12)13/h4-6,9,14H,3,7-8H2,1-2H3. The highest BCUT2D eigenvalue weighted by molar-refractivity contribution is 6.32. The minimum atomic E-state index is -0.0452. The fourth-order valence-electron chi connectivity index (χ4n) is 1.18. The van der Waals surface area contributed by atoms with Crippen LogP contribution in [0.2, 0.25) is 5.02 Å². The molecule has 0 fully saturated rings. The summed E-state index contributed by atoms with van der Waals surface area (Å²) < 4.78 is 5.62. The fraction of sp³-hybridized carbons (Fsp3) is 0.500. The van der Waals surface area contributed by atoms with Crippen molar-refractivity contribution in [1.29, 1.82) is 0 Å². The van der Waals surface area contributed by atoms with Gasteiger partial charge in [0.25, 0.3) is 0 Å². The summed E-state index contributed by atoms with van der Waals surface area (Å²) in [6, 6.07) is 5.40. The number of para-hydroxylation sites is 1. The Morgan fingerprint density at radius 3 is 2.80 bits per heavy atom. The van der Waals surface area contributed by atoms with Crippen molar-refractivity contribution >= 4 is 11.6 Å². The van der Waals surface area contributed by atoms with Gasteiger partial charge >= 0.3 is 0 Å². The van der Waals surface area contributed by atoms with Gasteiger partial charge in [-0.05, 0) is 12.0 Å². The van der Waals surface area contributed by atoms with Crippen LogP contribution in [0.1, 0.15) is 25.8 Å². The lowest BCUT2D eigenvalue weighted by molar-refractivity contribution is 0.237. The second kappa shape index (κ2) is 5.99. The van der Waals surface area contributed by atoms with E-state index in [1.807, 2.05) is 12.1 Å². The fourth-order valence-corrected chi connectivity index (χ4v) is 1.43. The van der Waals surface area contributed by atoms with Crippen LogP contribution in [0.4, 0.5) is 0 Å². The van der Waals surface area contributed by atoms with Gasteiger partial charge in [-0.25, -0.2) is 0 Å². The van der Waals surface area contributed by atoms with E-state index in [0.717, 1.165) is 12.0 Å². The molecule has 1 atom stereocenters. The van der Waals surface area contributed by atoms with Gasteiger partial charge in [0.2, 0.25) is 0 Å². The van der Waals surface area contributed by atoms with Crippen molar-refractivity contribution in [2.24, 2.45) is 5.92 Å². The molecule has 84 valence electrons. The topological polar surface area (TPSA) is 29.5 Å². The molecule has 15 heavy (non-hydrogen) atoms. The van der Waals surface area contributed by atoms with Crippen molar-refractivity contribution in [2.45, 2.75) is 26.9 Å². The van der Waals surface area contributed by atoms with Crippen molar-refractivity contribution in [3.8, 4) is 5.75 Å². The minimum Gasteiger partial charge on any atom is -0.491 e. The summed E-state index contributed by atoms with van der Waals surface area (Å²) in [5.74, 6) is 1.11. The molecule has 0 radical (unpaired) electrons. The Morgan fingerprint density at radius 1 is 1.47 bits per heavy atom. The summed E-state index contributed by atoms with van der Waals surface area (Å²) in [7, 11) is 0. The second-order valence-corrected chi connectivity index (χ2v) is 4.12. The summed E-state index contributed by atoms with van der Waals surface area (Å²) in [6.45, 7) is 4.83. The van der Waals surface area contributed by atoms with E-state index in [1.165, 1.54) is 0 Å². The van der Waals surface area contributed by atoms with Gasteiger partial charge in [0.15, 0.2) is 0 Å². The molecule has 0 spiro atoms. The first-order chi connectivity index (χ1) is 7.19. The molecule has 0 saturated heterocycles. The SMILES string of the molecule is CCC(C)COc1c(Cl)cccc1CO. The molecule has 3 heteroatoms. The van der Waals surface area contributed by atoms with Gasteiger partial charge < -0.3 is 9.84 Å². The number of hydrogen-bond acceptors (Lipinski definition) is 2. The third-order valence-electron chi connectivity index (χ3n) is 2.43. The highest BCUT2D eigenvalue weighted by Gasteiger charge is 2.08. The molecule has 1 aromatic carbocycles. The highest BCUT2D eigenvalue weighted by atomic mass is 35.5. The molecule has 0 saturated carbocycles. The van der Waals surface area contributed by atoms with E-state index in [1.54, 1.807) is 6.07 Å². The summed E-state index contributed by atoms with van der Waals surface area (Å²) in [4.78, 5) is 0. The van der Waals surface area contributed by atoms with Crippen LogP contribution in [0.15, 0.2) is 18.2 Å². The van der Waals surface area contributed by atoms with Crippen LogP contribution in [0, 0.1) is 5.92 Å².